The van der Waals surface area contributed by atoms with Crippen LogP contribution in [-0.4, -0.2) is 0 Å². The third kappa shape index (κ3) is 2.35. The van der Waals surface area contributed by atoms with Gasteiger partial charge in [-0.15, -0.1) is 11.3 Å². The highest BCUT2D eigenvalue weighted by molar-refractivity contribution is 14.1. The highest BCUT2D eigenvalue weighted by atomic mass is 127. The van der Waals surface area contributed by atoms with Gasteiger partial charge < -0.3 is 0 Å². The molecule has 1 heterocycles. The summed E-state index contributed by atoms with van der Waals surface area (Å²) in [6, 6.07) is 23.4. The SMILES string of the molecule is Ic1cc(-c2ccccc2)sc1-c1ccccc1. The van der Waals surface area contributed by atoms with E-state index in [4.69, 9.17) is 0 Å². The van der Waals surface area contributed by atoms with Crippen LogP contribution in [0.3, 0.4) is 0 Å². The fourth-order valence-corrected chi connectivity index (χ4v) is 4.13. The molecular formula is C16H11IS. The number of hydrogen-bond donors (Lipinski definition) is 0. The highest BCUT2D eigenvalue weighted by Gasteiger charge is 2.09. The Bertz CT molecular complexity index is 641. The van der Waals surface area contributed by atoms with Gasteiger partial charge in [-0.1, -0.05) is 60.7 Å². The number of hydrogen-bond acceptors (Lipinski definition) is 1. The van der Waals surface area contributed by atoms with Gasteiger partial charge in [-0.05, 0) is 39.8 Å². The predicted octanol–water partition coefficient (Wildman–Crippen LogP) is 5.69. The van der Waals surface area contributed by atoms with Crippen molar-refractivity contribution in [1.82, 2.24) is 0 Å². The summed E-state index contributed by atoms with van der Waals surface area (Å²) in [5.74, 6) is 0. The highest BCUT2D eigenvalue weighted by Crippen LogP contribution is 2.38. The molecule has 0 radical (unpaired) electrons. The zero-order chi connectivity index (χ0) is 12.4. The molecule has 0 unspecified atom stereocenters. The molecule has 0 N–H and O–H groups in total. The summed E-state index contributed by atoms with van der Waals surface area (Å²) in [6.45, 7) is 0. The van der Waals surface area contributed by atoms with Crippen molar-refractivity contribution >= 4 is 33.9 Å². The van der Waals surface area contributed by atoms with Crippen LogP contribution in [0.2, 0.25) is 0 Å². The smallest absolute Gasteiger partial charge is 0.0482 e. The fourth-order valence-electron chi connectivity index (χ4n) is 1.90. The second-order valence-corrected chi connectivity index (χ2v) is 6.23. The molecule has 0 nitrogen and oxygen atoms in total. The van der Waals surface area contributed by atoms with Crippen molar-refractivity contribution < 1.29 is 0 Å². The van der Waals surface area contributed by atoms with Gasteiger partial charge >= 0.3 is 0 Å². The fraction of sp³-hybridized carbons (Fsp3) is 0. The Balaban J connectivity index is 2.07. The van der Waals surface area contributed by atoms with Crippen molar-refractivity contribution in [3.63, 3.8) is 0 Å². The predicted molar refractivity (Wildman–Crippen MR) is 87.9 cm³/mol. The van der Waals surface area contributed by atoms with Gasteiger partial charge in [0.05, 0.1) is 0 Å². The van der Waals surface area contributed by atoms with Crippen molar-refractivity contribution in [3.8, 4) is 20.9 Å². The molecule has 2 heteroatoms. The molecule has 0 aliphatic heterocycles. The normalized spacial score (nSPS) is 10.5. The summed E-state index contributed by atoms with van der Waals surface area (Å²) >= 11 is 4.28. The van der Waals surface area contributed by atoms with E-state index in [9.17, 15) is 0 Å². The number of halogens is 1. The van der Waals surface area contributed by atoms with E-state index >= 15 is 0 Å². The Morgan fingerprint density at radius 1 is 0.722 bits per heavy atom. The average molecular weight is 362 g/mol. The first-order valence-electron chi connectivity index (χ1n) is 5.75. The molecule has 3 rings (SSSR count). The van der Waals surface area contributed by atoms with Gasteiger partial charge in [0.15, 0.2) is 0 Å². The maximum absolute atomic E-state index is 2.42. The zero-order valence-electron chi connectivity index (χ0n) is 9.64. The van der Waals surface area contributed by atoms with Crippen LogP contribution in [0, 0.1) is 3.57 Å². The molecule has 1 aromatic heterocycles. The van der Waals surface area contributed by atoms with Crippen LogP contribution < -0.4 is 0 Å². The third-order valence-corrected chi connectivity index (χ3v) is 5.23. The van der Waals surface area contributed by atoms with E-state index in [-0.39, 0.29) is 0 Å². The summed E-state index contributed by atoms with van der Waals surface area (Å²) in [7, 11) is 0. The van der Waals surface area contributed by atoms with E-state index in [1.165, 1.54) is 24.5 Å². The van der Waals surface area contributed by atoms with Crippen LogP contribution in [0.1, 0.15) is 0 Å². The summed E-state index contributed by atoms with van der Waals surface area (Å²) in [4.78, 5) is 2.69. The van der Waals surface area contributed by atoms with Crippen molar-refractivity contribution in [1.29, 1.82) is 0 Å². The van der Waals surface area contributed by atoms with E-state index < -0.39 is 0 Å². The summed E-state index contributed by atoms with van der Waals surface area (Å²) < 4.78 is 1.32. The lowest BCUT2D eigenvalue weighted by Gasteiger charge is -1.97. The molecule has 88 valence electrons. The van der Waals surface area contributed by atoms with E-state index in [1.807, 2.05) is 11.3 Å². The lowest BCUT2D eigenvalue weighted by atomic mass is 10.2. The molecule has 0 amide bonds. The van der Waals surface area contributed by atoms with E-state index in [0.29, 0.717) is 0 Å². The van der Waals surface area contributed by atoms with Crippen molar-refractivity contribution in [2.75, 3.05) is 0 Å². The van der Waals surface area contributed by atoms with E-state index in [0.717, 1.165) is 0 Å². The lowest BCUT2D eigenvalue weighted by molar-refractivity contribution is 1.67. The van der Waals surface area contributed by atoms with Crippen LogP contribution in [-0.2, 0) is 0 Å². The first kappa shape index (κ1) is 11.9. The van der Waals surface area contributed by atoms with Crippen molar-refractivity contribution in [2.24, 2.45) is 0 Å². The first-order chi connectivity index (χ1) is 8.84. The Morgan fingerprint density at radius 2 is 1.28 bits per heavy atom. The van der Waals surface area contributed by atoms with Crippen LogP contribution in [0.5, 0.6) is 0 Å². The summed E-state index contributed by atoms with van der Waals surface area (Å²) in [6.07, 6.45) is 0. The quantitative estimate of drug-likeness (QED) is 0.514. The molecule has 0 bridgehead atoms. The average Bonchev–Trinajstić information content (AvgIpc) is 2.83. The molecule has 0 fully saturated rings. The second kappa shape index (κ2) is 5.24. The third-order valence-electron chi connectivity index (χ3n) is 2.78. The molecule has 0 aliphatic rings. The van der Waals surface area contributed by atoms with Crippen LogP contribution >= 0.6 is 33.9 Å². The van der Waals surface area contributed by atoms with Gasteiger partial charge in [-0.2, -0.15) is 0 Å². The van der Waals surface area contributed by atoms with Crippen LogP contribution in [0.25, 0.3) is 20.9 Å². The Hall–Kier alpha value is -1.13. The minimum atomic E-state index is 1.29. The van der Waals surface area contributed by atoms with Crippen molar-refractivity contribution in [2.45, 2.75) is 0 Å². The Kier molecular flexibility index (Phi) is 3.48. The Morgan fingerprint density at radius 3 is 1.89 bits per heavy atom. The summed E-state index contributed by atoms with van der Waals surface area (Å²) in [5.41, 5.74) is 2.59. The monoisotopic (exact) mass is 362 g/mol. The molecule has 3 aromatic rings. The first-order valence-corrected chi connectivity index (χ1v) is 7.64. The maximum atomic E-state index is 2.42. The summed E-state index contributed by atoms with van der Waals surface area (Å²) in [5, 5.41) is 0. The number of thiophene rings is 1. The largest absolute Gasteiger partial charge is 0.134 e. The molecular weight excluding hydrogens is 351 g/mol. The van der Waals surface area contributed by atoms with Gasteiger partial charge in [-0.25, -0.2) is 0 Å². The van der Waals surface area contributed by atoms with Gasteiger partial charge in [0.1, 0.15) is 0 Å². The molecule has 18 heavy (non-hydrogen) atoms. The molecule has 0 spiro atoms. The van der Waals surface area contributed by atoms with Gasteiger partial charge in [0.2, 0.25) is 0 Å². The van der Waals surface area contributed by atoms with E-state index in [1.54, 1.807) is 0 Å². The zero-order valence-corrected chi connectivity index (χ0v) is 12.6. The minimum Gasteiger partial charge on any atom is -0.134 e. The van der Waals surface area contributed by atoms with Gasteiger partial charge in [0, 0.05) is 13.3 Å². The second-order valence-electron chi connectivity index (χ2n) is 4.02. The standard InChI is InChI=1S/C16H11IS/c17-14-11-15(12-7-3-1-4-8-12)18-16(14)13-9-5-2-6-10-13/h1-11H. The van der Waals surface area contributed by atoms with Gasteiger partial charge in [-0.3, -0.25) is 0 Å². The van der Waals surface area contributed by atoms with Crippen LogP contribution in [0.4, 0.5) is 0 Å². The number of rotatable bonds is 2. The maximum Gasteiger partial charge on any atom is 0.0482 e. The number of benzene rings is 2. The molecule has 0 aliphatic carbocycles. The topological polar surface area (TPSA) is 0 Å². The van der Waals surface area contributed by atoms with Crippen LogP contribution in [0.15, 0.2) is 66.7 Å². The van der Waals surface area contributed by atoms with E-state index in [2.05, 4.69) is 89.3 Å². The van der Waals surface area contributed by atoms with Gasteiger partial charge in [0.25, 0.3) is 0 Å². The lowest BCUT2D eigenvalue weighted by Crippen LogP contribution is -1.72. The molecule has 0 saturated heterocycles. The minimum absolute atomic E-state index is 1.29. The Labute approximate surface area is 124 Å². The van der Waals surface area contributed by atoms with Crippen molar-refractivity contribution in [3.05, 3.63) is 70.3 Å². The molecule has 0 atom stereocenters. The molecule has 0 saturated carbocycles. The molecule has 2 aromatic carbocycles.